The summed E-state index contributed by atoms with van der Waals surface area (Å²) in [7, 11) is -3.06. The minimum absolute atomic E-state index is 0.151. The molecule has 0 amide bonds. The third-order valence-corrected chi connectivity index (χ3v) is 6.95. The third-order valence-electron chi connectivity index (χ3n) is 5.32. The summed E-state index contributed by atoms with van der Waals surface area (Å²) in [5, 5.41) is 0. The molecule has 0 radical (unpaired) electrons. The number of fused-ring (bicyclic) bond motifs is 2. The van der Waals surface area contributed by atoms with E-state index < -0.39 is 10.0 Å². The number of likely N-dealkylation sites (tertiary alicyclic amines) is 1. The van der Waals surface area contributed by atoms with E-state index in [1.807, 2.05) is 6.92 Å². The zero-order valence-electron chi connectivity index (χ0n) is 13.0. The first-order valence-electron chi connectivity index (χ1n) is 8.46. The van der Waals surface area contributed by atoms with Crippen LogP contribution in [0.2, 0.25) is 0 Å². The van der Waals surface area contributed by atoms with Gasteiger partial charge in [-0.3, -0.25) is 0 Å². The van der Waals surface area contributed by atoms with E-state index in [1.165, 1.54) is 19.4 Å². The average Bonchev–Trinajstić information content (AvgIpc) is 3.03. The zero-order valence-corrected chi connectivity index (χ0v) is 13.8. The molecule has 21 heavy (non-hydrogen) atoms. The van der Waals surface area contributed by atoms with Gasteiger partial charge in [0.1, 0.15) is 0 Å². The summed E-state index contributed by atoms with van der Waals surface area (Å²) in [4.78, 5) is 2.55. The topological polar surface area (TPSA) is 49.4 Å². The highest BCUT2D eigenvalue weighted by molar-refractivity contribution is 7.89. The van der Waals surface area contributed by atoms with Gasteiger partial charge in [-0.25, -0.2) is 13.1 Å². The number of nitrogens with zero attached hydrogens (tertiary/aromatic N) is 1. The van der Waals surface area contributed by atoms with Crippen LogP contribution in [0.15, 0.2) is 12.2 Å². The molecule has 3 atom stereocenters. The predicted molar refractivity (Wildman–Crippen MR) is 85.5 cm³/mol. The fourth-order valence-corrected chi connectivity index (χ4v) is 5.65. The summed E-state index contributed by atoms with van der Waals surface area (Å²) >= 11 is 0. The van der Waals surface area contributed by atoms with Gasteiger partial charge in [-0.05, 0) is 62.9 Å². The monoisotopic (exact) mass is 312 g/mol. The second kappa shape index (κ2) is 6.39. The summed E-state index contributed by atoms with van der Waals surface area (Å²) in [6.07, 6.45) is 10.2. The van der Waals surface area contributed by atoms with Gasteiger partial charge in [0, 0.05) is 12.6 Å². The van der Waals surface area contributed by atoms with Crippen LogP contribution in [0.25, 0.3) is 0 Å². The fourth-order valence-electron chi connectivity index (χ4n) is 4.25. The Morgan fingerprint density at radius 3 is 2.52 bits per heavy atom. The lowest BCUT2D eigenvalue weighted by molar-refractivity contribution is 0.169. The van der Waals surface area contributed by atoms with E-state index in [1.54, 1.807) is 0 Å². The maximum atomic E-state index is 11.8. The molecule has 4 nitrogen and oxygen atoms in total. The molecule has 1 aliphatic heterocycles. The molecule has 2 aliphatic carbocycles. The molecule has 120 valence electrons. The van der Waals surface area contributed by atoms with E-state index in [2.05, 4.69) is 21.8 Å². The Morgan fingerprint density at radius 1 is 1.19 bits per heavy atom. The number of sulfonamides is 1. The van der Waals surface area contributed by atoms with E-state index in [-0.39, 0.29) is 11.8 Å². The van der Waals surface area contributed by atoms with Crippen LogP contribution < -0.4 is 4.72 Å². The highest BCUT2D eigenvalue weighted by Gasteiger charge is 2.36. The van der Waals surface area contributed by atoms with E-state index in [9.17, 15) is 8.42 Å². The maximum absolute atomic E-state index is 11.8. The van der Waals surface area contributed by atoms with Crippen LogP contribution in [0.3, 0.4) is 0 Å². The largest absolute Gasteiger partial charge is 0.303 e. The van der Waals surface area contributed by atoms with Crippen molar-refractivity contribution in [3.63, 3.8) is 0 Å². The van der Waals surface area contributed by atoms with Gasteiger partial charge in [0.05, 0.1) is 5.75 Å². The highest BCUT2D eigenvalue weighted by Crippen LogP contribution is 2.43. The Bertz CT molecular complexity index is 481. The fraction of sp³-hybridized carbons (Fsp3) is 0.875. The van der Waals surface area contributed by atoms with Crippen LogP contribution in [0.5, 0.6) is 0 Å². The van der Waals surface area contributed by atoms with E-state index >= 15 is 0 Å². The SMILES string of the molecule is CCCS(=O)(=O)NC1CCN(C[C@H]2C[C@H]3C=C[C@H]2C3)CC1. The Labute approximate surface area is 129 Å². The first-order chi connectivity index (χ1) is 10.1. The molecule has 3 aliphatic rings. The number of piperidine rings is 1. The first kappa shape index (κ1) is 15.5. The van der Waals surface area contributed by atoms with Gasteiger partial charge in [-0.2, -0.15) is 0 Å². The summed E-state index contributed by atoms with van der Waals surface area (Å²) in [6.45, 7) is 5.19. The maximum Gasteiger partial charge on any atom is 0.211 e. The van der Waals surface area contributed by atoms with E-state index in [0.29, 0.717) is 6.42 Å². The smallest absolute Gasteiger partial charge is 0.211 e. The Hall–Kier alpha value is -0.390. The Balaban J connectivity index is 1.42. The molecule has 5 heteroatoms. The molecule has 2 fully saturated rings. The summed E-state index contributed by atoms with van der Waals surface area (Å²) in [5.74, 6) is 2.76. The van der Waals surface area contributed by atoms with Crippen molar-refractivity contribution in [3.8, 4) is 0 Å². The van der Waals surface area contributed by atoms with Crippen molar-refractivity contribution in [1.82, 2.24) is 9.62 Å². The van der Waals surface area contributed by atoms with Crippen molar-refractivity contribution in [2.45, 2.75) is 45.1 Å². The van der Waals surface area contributed by atoms with Gasteiger partial charge in [0.2, 0.25) is 10.0 Å². The molecule has 0 unspecified atom stereocenters. The van der Waals surface area contributed by atoms with Gasteiger partial charge in [0.15, 0.2) is 0 Å². The third kappa shape index (κ3) is 3.88. The van der Waals surface area contributed by atoms with Gasteiger partial charge in [0.25, 0.3) is 0 Å². The molecular formula is C16H28N2O2S. The van der Waals surface area contributed by atoms with Crippen molar-refractivity contribution in [2.75, 3.05) is 25.4 Å². The molecule has 1 saturated carbocycles. The molecule has 3 rings (SSSR count). The summed E-state index contributed by atoms with van der Waals surface area (Å²) in [6, 6.07) is 0.151. The van der Waals surface area contributed by atoms with Crippen LogP contribution in [0.4, 0.5) is 0 Å². The Kier molecular flexibility index (Phi) is 4.71. The minimum atomic E-state index is -3.06. The predicted octanol–water partition coefficient (Wildman–Crippen LogP) is 1.99. The molecule has 1 saturated heterocycles. The molecule has 2 bridgehead atoms. The van der Waals surface area contributed by atoms with Crippen LogP contribution in [-0.2, 0) is 10.0 Å². The minimum Gasteiger partial charge on any atom is -0.303 e. The number of allylic oxidation sites excluding steroid dienone is 2. The molecule has 0 spiro atoms. The number of hydrogen-bond acceptors (Lipinski definition) is 3. The molecule has 1 heterocycles. The number of hydrogen-bond donors (Lipinski definition) is 1. The van der Waals surface area contributed by atoms with Crippen molar-refractivity contribution in [3.05, 3.63) is 12.2 Å². The normalized spacial score (nSPS) is 33.9. The molecule has 1 N–H and O–H groups in total. The quantitative estimate of drug-likeness (QED) is 0.763. The number of rotatable bonds is 6. The van der Waals surface area contributed by atoms with Crippen molar-refractivity contribution in [2.24, 2.45) is 17.8 Å². The van der Waals surface area contributed by atoms with Gasteiger partial charge in [-0.1, -0.05) is 19.1 Å². The second-order valence-electron chi connectivity index (χ2n) is 7.05. The van der Waals surface area contributed by atoms with Crippen molar-refractivity contribution >= 4 is 10.0 Å². The van der Waals surface area contributed by atoms with Crippen LogP contribution in [0, 0.1) is 17.8 Å². The zero-order chi connectivity index (χ0) is 14.9. The molecule has 0 aromatic carbocycles. The standard InChI is InChI=1S/C16H28N2O2S/c1-2-9-21(19,20)17-16-5-7-18(8-6-16)12-15-11-13-3-4-14(15)10-13/h3-4,13-17H,2,5-12H2,1H3/t13-,14-,15+/m0/s1. The molecule has 0 aromatic heterocycles. The number of nitrogens with one attached hydrogen (secondary N) is 1. The van der Waals surface area contributed by atoms with Gasteiger partial charge in [-0.15, -0.1) is 0 Å². The first-order valence-corrected chi connectivity index (χ1v) is 10.1. The van der Waals surface area contributed by atoms with E-state index in [4.69, 9.17) is 0 Å². The lowest BCUT2D eigenvalue weighted by Gasteiger charge is -2.35. The summed E-state index contributed by atoms with van der Waals surface area (Å²) in [5.41, 5.74) is 0. The average molecular weight is 312 g/mol. The second-order valence-corrected chi connectivity index (χ2v) is 8.93. The Morgan fingerprint density at radius 2 is 1.95 bits per heavy atom. The highest BCUT2D eigenvalue weighted by atomic mass is 32.2. The summed E-state index contributed by atoms with van der Waals surface area (Å²) < 4.78 is 26.5. The van der Waals surface area contributed by atoms with Crippen molar-refractivity contribution in [1.29, 1.82) is 0 Å². The molecular weight excluding hydrogens is 284 g/mol. The van der Waals surface area contributed by atoms with Crippen LogP contribution >= 0.6 is 0 Å². The molecule has 0 aromatic rings. The van der Waals surface area contributed by atoms with Crippen LogP contribution in [-0.4, -0.2) is 44.7 Å². The van der Waals surface area contributed by atoms with Gasteiger partial charge >= 0.3 is 0 Å². The lowest BCUT2D eigenvalue weighted by Crippen LogP contribution is -2.46. The van der Waals surface area contributed by atoms with Crippen molar-refractivity contribution < 1.29 is 8.42 Å². The lowest BCUT2D eigenvalue weighted by atomic mass is 9.92. The van der Waals surface area contributed by atoms with E-state index in [0.717, 1.165) is 43.7 Å². The van der Waals surface area contributed by atoms with Gasteiger partial charge < -0.3 is 4.90 Å². The van der Waals surface area contributed by atoms with Crippen LogP contribution in [0.1, 0.15) is 39.0 Å².